The lowest BCUT2D eigenvalue weighted by molar-refractivity contribution is 0.0759. The fourth-order valence-electron chi connectivity index (χ4n) is 2.57. The smallest absolute Gasteiger partial charge is 0.255 e. The van der Waals surface area contributed by atoms with E-state index >= 15 is 0 Å². The topological polar surface area (TPSA) is 71.2 Å². The molecule has 1 fully saturated rings. The average Bonchev–Trinajstić information content (AvgIpc) is 2.72. The van der Waals surface area contributed by atoms with E-state index in [1.165, 1.54) is 12.8 Å². The number of carbonyl (C=O) groups excluding carboxylic acids is 1. The summed E-state index contributed by atoms with van der Waals surface area (Å²) in [5.41, 5.74) is 3.09. The predicted molar refractivity (Wildman–Crippen MR) is 75.6 cm³/mol. The van der Waals surface area contributed by atoms with Gasteiger partial charge in [-0.2, -0.15) is 0 Å². The molecule has 1 aromatic rings. The van der Waals surface area contributed by atoms with Gasteiger partial charge in [-0.15, -0.1) is 0 Å². The molecule has 1 atom stereocenters. The summed E-state index contributed by atoms with van der Waals surface area (Å²) in [6.45, 7) is 3.94. The number of amides is 1. The van der Waals surface area contributed by atoms with E-state index in [1.54, 1.807) is 18.3 Å². The summed E-state index contributed by atoms with van der Waals surface area (Å²) in [6.07, 6.45) is 6.23. The highest BCUT2D eigenvalue weighted by Crippen LogP contribution is 2.21. The number of hydrogen-bond donors (Lipinski definition) is 2. The van der Waals surface area contributed by atoms with Gasteiger partial charge in [-0.25, -0.2) is 10.8 Å². The van der Waals surface area contributed by atoms with Gasteiger partial charge in [0.2, 0.25) is 0 Å². The van der Waals surface area contributed by atoms with Gasteiger partial charge in [-0.3, -0.25) is 4.79 Å². The standard InChI is InChI=1S/C14H22N4O/c1-2-11-4-3-8-18(9-7-11)14(19)12-5-6-13(17-15)16-10-12/h5-6,10-11H,2-4,7-9,15H2,1H3,(H,16,17). The van der Waals surface area contributed by atoms with Crippen molar-refractivity contribution in [2.24, 2.45) is 11.8 Å². The summed E-state index contributed by atoms with van der Waals surface area (Å²) < 4.78 is 0. The molecule has 1 aromatic heterocycles. The van der Waals surface area contributed by atoms with Crippen LogP contribution in [-0.2, 0) is 0 Å². The molecule has 5 nitrogen and oxygen atoms in total. The monoisotopic (exact) mass is 262 g/mol. The Morgan fingerprint density at radius 2 is 2.32 bits per heavy atom. The first-order chi connectivity index (χ1) is 9.24. The van der Waals surface area contributed by atoms with E-state index in [9.17, 15) is 4.79 Å². The van der Waals surface area contributed by atoms with Crippen LogP contribution in [0.5, 0.6) is 0 Å². The first-order valence-corrected chi connectivity index (χ1v) is 6.96. The van der Waals surface area contributed by atoms with E-state index in [0.29, 0.717) is 11.4 Å². The van der Waals surface area contributed by atoms with Crippen LogP contribution in [0.25, 0.3) is 0 Å². The molecule has 1 aliphatic rings. The molecule has 0 aromatic carbocycles. The van der Waals surface area contributed by atoms with Gasteiger partial charge in [0.15, 0.2) is 0 Å². The Morgan fingerprint density at radius 1 is 1.47 bits per heavy atom. The summed E-state index contributed by atoms with van der Waals surface area (Å²) >= 11 is 0. The number of nitrogen functional groups attached to an aromatic ring is 1. The molecule has 1 amide bonds. The Bertz CT molecular complexity index is 418. The normalized spacial score (nSPS) is 19.9. The van der Waals surface area contributed by atoms with Crippen molar-refractivity contribution >= 4 is 11.7 Å². The zero-order valence-electron chi connectivity index (χ0n) is 11.4. The highest BCUT2D eigenvalue weighted by molar-refractivity contribution is 5.94. The predicted octanol–water partition coefficient (Wildman–Crippen LogP) is 2.02. The van der Waals surface area contributed by atoms with Crippen molar-refractivity contribution in [1.29, 1.82) is 0 Å². The molecule has 2 rings (SSSR count). The van der Waals surface area contributed by atoms with Gasteiger partial charge in [-0.05, 0) is 37.3 Å². The van der Waals surface area contributed by atoms with Crippen molar-refractivity contribution in [2.75, 3.05) is 18.5 Å². The van der Waals surface area contributed by atoms with E-state index in [-0.39, 0.29) is 5.91 Å². The second kappa shape index (κ2) is 6.52. The first kappa shape index (κ1) is 13.8. The fraction of sp³-hybridized carbons (Fsp3) is 0.571. The Morgan fingerprint density at radius 3 is 2.95 bits per heavy atom. The molecule has 5 heteroatoms. The van der Waals surface area contributed by atoms with Crippen LogP contribution in [0.3, 0.4) is 0 Å². The molecule has 0 bridgehead atoms. The van der Waals surface area contributed by atoms with E-state index in [1.807, 2.05) is 4.90 Å². The molecule has 0 spiro atoms. The van der Waals surface area contributed by atoms with Crippen molar-refractivity contribution in [1.82, 2.24) is 9.88 Å². The summed E-state index contributed by atoms with van der Waals surface area (Å²) in [5.74, 6) is 6.67. The maximum Gasteiger partial charge on any atom is 0.255 e. The van der Waals surface area contributed by atoms with E-state index in [4.69, 9.17) is 5.84 Å². The second-order valence-electron chi connectivity index (χ2n) is 5.07. The van der Waals surface area contributed by atoms with E-state index < -0.39 is 0 Å². The quantitative estimate of drug-likeness (QED) is 0.646. The lowest BCUT2D eigenvalue weighted by Crippen LogP contribution is -2.32. The average molecular weight is 262 g/mol. The first-order valence-electron chi connectivity index (χ1n) is 6.96. The van der Waals surface area contributed by atoms with Crippen LogP contribution in [0, 0.1) is 5.92 Å². The number of hydrazine groups is 1. The SMILES string of the molecule is CCC1CCCN(C(=O)c2ccc(NN)nc2)CC1. The third-order valence-electron chi connectivity index (χ3n) is 3.87. The van der Waals surface area contributed by atoms with Crippen LogP contribution >= 0.6 is 0 Å². The molecule has 0 aliphatic carbocycles. The fourth-order valence-corrected chi connectivity index (χ4v) is 2.57. The van der Waals surface area contributed by atoms with E-state index in [0.717, 1.165) is 31.8 Å². The highest BCUT2D eigenvalue weighted by Gasteiger charge is 2.20. The van der Waals surface area contributed by atoms with Crippen LogP contribution < -0.4 is 11.3 Å². The summed E-state index contributed by atoms with van der Waals surface area (Å²) in [4.78, 5) is 18.4. The number of likely N-dealkylation sites (tertiary alicyclic amines) is 1. The third kappa shape index (κ3) is 3.44. The Kier molecular flexibility index (Phi) is 4.74. The summed E-state index contributed by atoms with van der Waals surface area (Å²) in [6, 6.07) is 3.49. The lowest BCUT2D eigenvalue weighted by Gasteiger charge is -2.20. The van der Waals surface area contributed by atoms with Gasteiger partial charge in [0.05, 0.1) is 5.56 Å². The summed E-state index contributed by atoms with van der Waals surface area (Å²) in [7, 11) is 0. The molecule has 1 saturated heterocycles. The minimum atomic E-state index is 0.0767. The number of pyridine rings is 1. The Hall–Kier alpha value is -1.62. The largest absolute Gasteiger partial charge is 0.339 e. The number of carbonyl (C=O) groups is 1. The minimum absolute atomic E-state index is 0.0767. The van der Waals surface area contributed by atoms with E-state index in [2.05, 4.69) is 17.3 Å². The van der Waals surface area contributed by atoms with Gasteiger partial charge >= 0.3 is 0 Å². The molecule has 1 unspecified atom stereocenters. The molecule has 3 N–H and O–H groups in total. The Balaban J connectivity index is 2.01. The van der Waals surface area contributed by atoms with Crippen LogP contribution in [0.2, 0.25) is 0 Å². The molecule has 1 aliphatic heterocycles. The number of nitrogens with zero attached hydrogens (tertiary/aromatic N) is 2. The zero-order valence-corrected chi connectivity index (χ0v) is 11.4. The number of rotatable bonds is 3. The molecule has 2 heterocycles. The van der Waals surface area contributed by atoms with Gasteiger partial charge in [0.1, 0.15) is 5.82 Å². The molecule has 19 heavy (non-hydrogen) atoms. The lowest BCUT2D eigenvalue weighted by atomic mass is 9.98. The maximum absolute atomic E-state index is 12.4. The zero-order chi connectivity index (χ0) is 13.7. The Labute approximate surface area is 114 Å². The number of anilines is 1. The van der Waals surface area contributed by atoms with Crippen molar-refractivity contribution < 1.29 is 4.79 Å². The molecule has 104 valence electrons. The van der Waals surface area contributed by atoms with Crippen molar-refractivity contribution in [3.63, 3.8) is 0 Å². The van der Waals surface area contributed by atoms with Crippen LogP contribution in [0.15, 0.2) is 18.3 Å². The van der Waals surface area contributed by atoms with Crippen molar-refractivity contribution in [2.45, 2.75) is 32.6 Å². The number of nitrogens with one attached hydrogen (secondary N) is 1. The molecule has 0 radical (unpaired) electrons. The minimum Gasteiger partial charge on any atom is -0.339 e. The van der Waals surface area contributed by atoms with Gasteiger partial charge < -0.3 is 10.3 Å². The van der Waals surface area contributed by atoms with Gasteiger partial charge in [0, 0.05) is 19.3 Å². The van der Waals surface area contributed by atoms with Crippen LogP contribution in [0.1, 0.15) is 43.0 Å². The number of hydrogen-bond acceptors (Lipinski definition) is 4. The molecular formula is C14H22N4O. The molecular weight excluding hydrogens is 240 g/mol. The number of aromatic nitrogens is 1. The maximum atomic E-state index is 12.4. The highest BCUT2D eigenvalue weighted by atomic mass is 16.2. The third-order valence-corrected chi connectivity index (χ3v) is 3.87. The van der Waals surface area contributed by atoms with Crippen LogP contribution in [-0.4, -0.2) is 28.9 Å². The van der Waals surface area contributed by atoms with Crippen molar-refractivity contribution in [3.05, 3.63) is 23.9 Å². The second-order valence-corrected chi connectivity index (χ2v) is 5.07. The molecule has 0 saturated carbocycles. The van der Waals surface area contributed by atoms with Crippen molar-refractivity contribution in [3.8, 4) is 0 Å². The summed E-state index contributed by atoms with van der Waals surface area (Å²) in [5, 5.41) is 0. The van der Waals surface area contributed by atoms with Gasteiger partial charge in [-0.1, -0.05) is 13.3 Å². The van der Waals surface area contributed by atoms with Crippen LogP contribution in [0.4, 0.5) is 5.82 Å². The van der Waals surface area contributed by atoms with Gasteiger partial charge in [0.25, 0.3) is 5.91 Å². The number of nitrogens with two attached hydrogens (primary N) is 1.